The van der Waals surface area contributed by atoms with Gasteiger partial charge in [-0.15, -0.1) is 0 Å². The number of hydrogen-bond donors (Lipinski definition) is 6. The predicted octanol–water partition coefficient (Wildman–Crippen LogP) is 8.08. The Morgan fingerprint density at radius 3 is 1.09 bits per heavy atom. The number of hydrogen-bond acceptors (Lipinski definition) is 8. The van der Waals surface area contributed by atoms with Crippen LogP contribution in [0, 0.1) is 22.7 Å². The van der Waals surface area contributed by atoms with Crippen LogP contribution in [0.5, 0.6) is 0 Å². The van der Waals surface area contributed by atoms with Gasteiger partial charge in [0.05, 0.1) is 37.7 Å². The molecule has 0 saturated carbocycles. The van der Waals surface area contributed by atoms with Crippen molar-refractivity contribution in [2.75, 3.05) is 14.2 Å². The number of imidazole rings is 2. The Balaban J connectivity index is 1.51. The Hall–Kier alpha value is -5.66. The minimum atomic E-state index is -1.21. The van der Waals surface area contributed by atoms with Crippen LogP contribution in [0.1, 0.15) is 107 Å². The molecule has 314 valence electrons. The van der Waals surface area contributed by atoms with Crippen LogP contribution in [-0.4, -0.2) is 69.2 Å². The average Bonchev–Trinajstić information content (AvgIpc) is 3.85. The maximum Gasteiger partial charge on any atom is 0.407 e. The molecule has 6 N–H and O–H groups in total. The number of methoxy groups -OCH3 is 2. The summed E-state index contributed by atoms with van der Waals surface area (Å²) >= 11 is 0. The van der Waals surface area contributed by atoms with Crippen molar-refractivity contribution in [3.8, 4) is 33.6 Å². The van der Waals surface area contributed by atoms with Crippen LogP contribution >= 0.6 is 0 Å². The molecule has 4 aromatic rings. The molecule has 0 aliphatic heterocycles. The van der Waals surface area contributed by atoms with E-state index in [0.29, 0.717) is 11.6 Å². The minimum Gasteiger partial charge on any atom is -0.453 e. The Labute approximate surface area is 342 Å². The maximum atomic E-state index is 13.7. The number of nitrogens with zero attached hydrogens (tertiary/aromatic N) is 2. The van der Waals surface area contributed by atoms with Gasteiger partial charge in [-0.1, -0.05) is 118 Å². The number of nitrogens with one attached hydrogen (secondary N) is 6. The van der Waals surface area contributed by atoms with Crippen LogP contribution in [0.2, 0.25) is 0 Å². The molecule has 58 heavy (non-hydrogen) atoms. The van der Waals surface area contributed by atoms with Crippen molar-refractivity contribution in [1.82, 2.24) is 41.2 Å². The smallest absolute Gasteiger partial charge is 0.407 e. The third kappa shape index (κ3) is 10.1. The van der Waals surface area contributed by atoms with Gasteiger partial charge in [0.25, 0.3) is 0 Å². The van der Waals surface area contributed by atoms with Gasteiger partial charge in [0.1, 0.15) is 22.7 Å². The maximum absolute atomic E-state index is 13.7. The lowest BCUT2D eigenvalue weighted by Gasteiger charge is -2.37. The number of amides is 4. The van der Waals surface area contributed by atoms with E-state index in [-0.39, 0.29) is 23.7 Å². The summed E-state index contributed by atoms with van der Waals surface area (Å²) in [4.78, 5) is 67.9. The highest BCUT2D eigenvalue weighted by molar-refractivity contribution is 5.91. The standard InChI is InChI=1S/C44H62N8O6/c1-25(2)43(11,51-39(55)57-13)37(53)49-33(41(5,6)7)35-45-23-31(47-35)29-19-15-27(16-20-29)28-17-21-30(22-18-28)32-24-46-36(48-32)34(42(8,9)10)50-38(54)44(12,26(3)4)52-40(56)58-14/h15-26,33-34H,1-14H3,(H,45,47)(H,46,48)(H,49,53)(H,50,54)(H,51,55)(H,52,56)/t33-,34-,43-,44-/m1/s1. The van der Waals surface area contributed by atoms with E-state index >= 15 is 0 Å². The fourth-order valence-corrected chi connectivity index (χ4v) is 6.34. The molecule has 0 radical (unpaired) electrons. The molecule has 2 aromatic carbocycles. The van der Waals surface area contributed by atoms with E-state index < -0.39 is 46.2 Å². The monoisotopic (exact) mass is 798 g/mol. The predicted molar refractivity (Wildman–Crippen MR) is 225 cm³/mol. The molecule has 14 heteroatoms. The van der Waals surface area contributed by atoms with Crippen molar-refractivity contribution in [3.05, 3.63) is 72.6 Å². The van der Waals surface area contributed by atoms with Gasteiger partial charge < -0.3 is 40.7 Å². The van der Waals surface area contributed by atoms with Crippen molar-refractivity contribution in [1.29, 1.82) is 0 Å². The first-order valence-corrected chi connectivity index (χ1v) is 19.6. The highest BCUT2D eigenvalue weighted by atomic mass is 16.5. The number of carbonyl (C=O) groups is 4. The summed E-state index contributed by atoms with van der Waals surface area (Å²) in [6.07, 6.45) is 2.30. The number of alkyl carbamates (subject to hydrolysis) is 2. The molecule has 4 atom stereocenters. The van der Waals surface area contributed by atoms with Gasteiger partial charge in [-0.25, -0.2) is 19.6 Å². The van der Waals surface area contributed by atoms with Gasteiger partial charge >= 0.3 is 12.2 Å². The molecule has 0 bridgehead atoms. The normalized spacial score (nSPS) is 15.1. The van der Waals surface area contributed by atoms with Gasteiger partial charge in [0.2, 0.25) is 11.8 Å². The molecule has 0 fully saturated rings. The third-order valence-electron chi connectivity index (χ3n) is 11.1. The lowest BCUT2D eigenvalue weighted by Crippen LogP contribution is -2.61. The fourth-order valence-electron chi connectivity index (χ4n) is 6.34. The van der Waals surface area contributed by atoms with Gasteiger partial charge in [0, 0.05) is 23.5 Å². The molecule has 0 saturated heterocycles. The molecule has 4 rings (SSSR count). The lowest BCUT2D eigenvalue weighted by molar-refractivity contribution is -0.130. The quantitative estimate of drug-likeness (QED) is 0.0782. The lowest BCUT2D eigenvalue weighted by atomic mass is 9.83. The number of H-pyrrole nitrogens is 2. The Morgan fingerprint density at radius 2 is 0.828 bits per heavy atom. The Bertz CT molecular complexity index is 1910. The summed E-state index contributed by atoms with van der Waals surface area (Å²) in [6.45, 7) is 23.0. The topological polar surface area (TPSA) is 192 Å². The second-order valence-electron chi connectivity index (χ2n) is 18.0. The number of ether oxygens (including phenoxy) is 2. The Morgan fingerprint density at radius 1 is 0.534 bits per heavy atom. The van der Waals surface area contributed by atoms with Crippen LogP contribution in [0.25, 0.3) is 33.6 Å². The first-order chi connectivity index (χ1) is 26.9. The van der Waals surface area contributed by atoms with E-state index in [2.05, 4.69) is 31.2 Å². The zero-order valence-electron chi connectivity index (χ0n) is 36.4. The van der Waals surface area contributed by atoms with Crippen molar-refractivity contribution >= 4 is 24.0 Å². The number of rotatable bonds is 13. The van der Waals surface area contributed by atoms with E-state index in [1.54, 1.807) is 13.8 Å². The number of aromatic nitrogens is 4. The van der Waals surface area contributed by atoms with Gasteiger partial charge in [-0.05, 0) is 47.6 Å². The van der Waals surface area contributed by atoms with Crippen LogP contribution in [-0.2, 0) is 19.1 Å². The van der Waals surface area contributed by atoms with Crippen molar-refractivity contribution in [2.45, 2.75) is 106 Å². The fraction of sp³-hybridized carbons (Fsp3) is 0.500. The molecular formula is C44H62N8O6. The summed E-state index contributed by atoms with van der Waals surface area (Å²) in [7, 11) is 2.54. The zero-order valence-corrected chi connectivity index (χ0v) is 36.4. The molecule has 0 aliphatic rings. The molecule has 0 aliphatic carbocycles. The van der Waals surface area contributed by atoms with E-state index in [0.717, 1.165) is 33.6 Å². The third-order valence-corrected chi connectivity index (χ3v) is 11.1. The van der Waals surface area contributed by atoms with Crippen LogP contribution in [0.15, 0.2) is 60.9 Å². The number of benzene rings is 2. The summed E-state index contributed by atoms with van der Waals surface area (Å²) in [5.41, 5.74) is 2.06. The first-order valence-electron chi connectivity index (χ1n) is 19.6. The van der Waals surface area contributed by atoms with E-state index in [4.69, 9.17) is 19.4 Å². The minimum absolute atomic E-state index is 0.216. The summed E-state index contributed by atoms with van der Waals surface area (Å²) < 4.78 is 9.58. The largest absolute Gasteiger partial charge is 0.453 e. The summed E-state index contributed by atoms with van der Waals surface area (Å²) in [5, 5.41) is 11.7. The van der Waals surface area contributed by atoms with Crippen molar-refractivity contribution < 1.29 is 28.7 Å². The molecular weight excluding hydrogens is 737 g/mol. The second-order valence-corrected chi connectivity index (χ2v) is 18.0. The Kier molecular flexibility index (Phi) is 13.6. The van der Waals surface area contributed by atoms with Crippen LogP contribution in [0.3, 0.4) is 0 Å². The molecule has 2 aromatic heterocycles. The van der Waals surface area contributed by atoms with E-state index in [1.165, 1.54) is 14.2 Å². The van der Waals surface area contributed by atoms with Gasteiger partial charge in [-0.2, -0.15) is 0 Å². The van der Waals surface area contributed by atoms with Crippen molar-refractivity contribution in [2.24, 2.45) is 22.7 Å². The van der Waals surface area contributed by atoms with Crippen LogP contribution < -0.4 is 21.3 Å². The number of aromatic amines is 2. The molecule has 0 spiro atoms. The second kappa shape index (κ2) is 17.5. The molecule has 0 unspecified atom stereocenters. The zero-order chi connectivity index (χ0) is 43.4. The van der Waals surface area contributed by atoms with Crippen molar-refractivity contribution in [3.63, 3.8) is 0 Å². The summed E-state index contributed by atoms with van der Waals surface area (Å²) in [6, 6.07) is 15.2. The summed E-state index contributed by atoms with van der Waals surface area (Å²) in [5.74, 6) is 0.0850. The average molecular weight is 799 g/mol. The molecule has 2 heterocycles. The first kappa shape index (κ1) is 45.0. The van der Waals surface area contributed by atoms with Crippen LogP contribution in [0.4, 0.5) is 9.59 Å². The van der Waals surface area contributed by atoms with Gasteiger partial charge in [0.15, 0.2) is 0 Å². The highest BCUT2D eigenvalue weighted by Gasteiger charge is 2.43. The van der Waals surface area contributed by atoms with Gasteiger partial charge in [-0.3, -0.25) is 9.59 Å². The highest BCUT2D eigenvalue weighted by Crippen LogP contribution is 2.36. The molecule has 4 amide bonds. The van der Waals surface area contributed by atoms with E-state index in [9.17, 15) is 19.2 Å². The van der Waals surface area contributed by atoms with E-state index in [1.807, 2.05) is 130 Å². The molecule has 14 nitrogen and oxygen atoms in total. The SMILES string of the molecule is COC(=O)N[C@@](C)(C(=O)N[C@H](c1nc(-c2ccc(-c3ccc(-c4c[nH]c([C@@H](NC(=O)[C@](C)(NC(=O)OC)C(C)C)C(C)(C)C)n4)cc3)cc2)c[nH]1)C(C)(C)C)C(C)C. The number of carbonyl (C=O) groups excluding carboxylic acids is 4.